The number of amides is 11. The largest absolute Gasteiger partial charge is 0.504 e. The van der Waals surface area contributed by atoms with Crippen molar-refractivity contribution in [2.75, 3.05) is 11.1 Å². The molecule has 604 valence electrons. The summed E-state index contributed by atoms with van der Waals surface area (Å²) in [6.45, 7) is 24.8. The summed E-state index contributed by atoms with van der Waals surface area (Å²) in [6.07, 6.45) is -4.70. The van der Waals surface area contributed by atoms with Gasteiger partial charge in [-0.2, -0.15) is 0 Å². The van der Waals surface area contributed by atoms with Gasteiger partial charge in [-0.3, -0.25) is 62.7 Å². The van der Waals surface area contributed by atoms with E-state index in [-0.39, 0.29) is 94.3 Å². The number of rotatable bonds is 12. The second-order valence-electron chi connectivity index (χ2n) is 27.5. The number of pyridine rings is 1. The molecule has 15 unspecified atom stereocenters. The fourth-order valence-corrected chi connectivity index (χ4v) is 16.9. The van der Waals surface area contributed by atoms with Gasteiger partial charge < -0.3 is 94.5 Å². The van der Waals surface area contributed by atoms with Crippen LogP contribution in [0.25, 0.3) is 10.9 Å². The average Bonchev–Trinajstić information content (AvgIpc) is 1.50. The molecular weight excluding hydrogens is 1580 g/mol. The van der Waals surface area contributed by atoms with Crippen molar-refractivity contribution in [1.82, 2.24) is 78.1 Å². The van der Waals surface area contributed by atoms with Crippen molar-refractivity contribution < 1.29 is 87.8 Å². The van der Waals surface area contributed by atoms with Crippen LogP contribution in [0.15, 0.2) is 98.3 Å². The van der Waals surface area contributed by atoms with Crippen LogP contribution in [0, 0.1) is 5.92 Å². The van der Waals surface area contributed by atoms with Crippen LogP contribution in [0.2, 0.25) is 0 Å². The van der Waals surface area contributed by atoms with E-state index in [1.54, 1.807) is 20.8 Å². The van der Waals surface area contributed by atoms with Gasteiger partial charge in [-0.1, -0.05) is 52.1 Å². The fraction of sp³-hybridized carbons (Fsp3) is 0.403. The molecule has 0 saturated heterocycles. The second kappa shape index (κ2) is 35.1. The number of phenols is 1. The molecule has 5 aromatic heterocycles. The topological polar surface area (TPSA) is 563 Å². The Morgan fingerprint density at radius 1 is 0.746 bits per heavy atom. The summed E-state index contributed by atoms with van der Waals surface area (Å²) in [6, 6.07) is -7.68. The summed E-state index contributed by atoms with van der Waals surface area (Å²) in [5.41, 5.74) is -2.31. The lowest BCUT2D eigenvalue weighted by molar-refractivity contribution is -0.130. The maximum atomic E-state index is 15.4. The van der Waals surface area contributed by atoms with Crippen molar-refractivity contribution in [2.45, 2.75) is 172 Å². The normalized spacial score (nSPS) is 25.1. The minimum Gasteiger partial charge on any atom is -0.504 e. The van der Waals surface area contributed by atoms with E-state index in [1.807, 2.05) is 0 Å². The number of nitrogens with zero attached hydrogens (tertiary/aromatic N) is 7. The third kappa shape index (κ3) is 18.4. The number of fused-ring (bicyclic) bond motifs is 7. The van der Waals surface area contributed by atoms with Gasteiger partial charge in [0.25, 0.3) is 35.4 Å². The lowest BCUT2D eigenvalue weighted by atomic mass is 9.80. The van der Waals surface area contributed by atoms with Gasteiger partial charge in [0.15, 0.2) is 5.75 Å². The fourth-order valence-electron chi connectivity index (χ4n) is 12.1. The van der Waals surface area contributed by atoms with Crippen LogP contribution in [0.1, 0.15) is 186 Å². The monoisotopic (exact) mass is 1660 g/mol. The van der Waals surface area contributed by atoms with Crippen LogP contribution in [0.5, 0.6) is 5.75 Å². The number of aromatic nitrogens is 5. The van der Waals surface area contributed by atoms with Crippen LogP contribution >= 0.6 is 57.1 Å². The van der Waals surface area contributed by atoms with Crippen LogP contribution in [-0.4, -0.2) is 192 Å². The maximum Gasteiger partial charge on any atom is 0.357 e. The number of anilines is 1. The van der Waals surface area contributed by atoms with E-state index in [1.165, 1.54) is 94.3 Å². The van der Waals surface area contributed by atoms with E-state index >= 15 is 14.4 Å². The first-order valence-corrected chi connectivity index (χ1v) is 39.9. The molecule has 9 heterocycles. The molecule has 0 aliphatic carbocycles. The highest BCUT2D eigenvalue weighted by Crippen LogP contribution is 2.48. The van der Waals surface area contributed by atoms with Gasteiger partial charge in [0.1, 0.15) is 119 Å². The molecule has 0 fully saturated rings. The molecule has 0 spiro atoms. The van der Waals surface area contributed by atoms with E-state index < -0.39 is 195 Å². The highest BCUT2D eigenvalue weighted by atomic mass is 32.2. The number of aliphatic hydroxyl groups excluding tert-OH is 3. The van der Waals surface area contributed by atoms with Gasteiger partial charge in [-0.05, 0) is 91.8 Å². The van der Waals surface area contributed by atoms with Crippen molar-refractivity contribution in [3.63, 3.8) is 0 Å². The number of esters is 1. The van der Waals surface area contributed by atoms with Gasteiger partial charge in [-0.25, -0.2) is 29.7 Å². The smallest absolute Gasteiger partial charge is 0.357 e. The Morgan fingerprint density at radius 2 is 1.43 bits per heavy atom. The Bertz CT molecular complexity index is 5040. The summed E-state index contributed by atoms with van der Waals surface area (Å²) in [5.74, 6) is -12.9. The van der Waals surface area contributed by atoms with E-state index in [4.69, 9.17) is 25.4 Å². The summed E-state index contributed by atoms with van der Waals surface area (Å²) in [5, 5.41) is 92.1. The van der Waals surface area contributed by atoms with E-state index in [0.29, 0.717) is 6.42 Å². The van der Waals surface area contributed by atoms with Crippen molar-refractivity contribution in [3.05, 3.63) is 142 Å². The third-order valence-corrected chi connectivity index (χ3v) is 24.0. The minimum absolute atomic E-state index is 0.0177. The minimum atomic E-state index is -2.21. The third-order valence-electron chi connectivity index (χ3n) is 19.2. The van der Waals surface area contributed by atoms with Gasteiger partial charge in [0, 0.05) is 32.7 Å². The maximum absolute atomic E-state index is 15.4. The zero-order valence-corrected chi connectivity index (χ0v) is 66.9. The van der Waals surface area contributed by atoms with Crippen LogP contribution < -0.4 is 64.2 Å². The number of aromatic hydroxyl groups is 1. The number of cyclic esters (lactones) is 1. The average molecular weight is 1660 g/mol. The number of ether oxygens (including phenoxy) is 1. The molecule has 13 bridgehead atoms. The first kappa shape index (κ1) is 85.3. The lowest BCUT2D eigenvalue weighted by Gasteiger charge is -2.41. The Balaban J connectivity index is 1.19. The van der Waals surface area contributed by atoms with E-state index in [9.17, 15) is 68.7 Å². The number of carbonyl (C=O) groups excluding carboxylic acids is 12. The molecule has 1 aromatic carbocycles. The molecular formula is C72H83N19O18S5. The number of carbonyl (C=O) groups is 12. The molecule has 37 nitrogen and oxygen atoms in total. The number of nitrogens with one attached hydrogen (secondary N) is 11. The summed E-state index contributed by atoms with van der Waals surface area (Å²) in [4.78, 5) is 203. The predicted molar refractivity (Wildman–Crippen MR) is 420 cm³/mol. The Labute approximate surface area is 670 Å². The van der Waals surface area contributed by atoms with Crippen molar-refractivity contribution in [3.8, 4) is 5.75 Å². The Morgan fingerprint density at radius 3 is 2.11 bits per heavy atom. The molecule has 0 saturated carbocycles. The quantitative estimate of drug-likeness (QED) is 0.0473. The number of hydrogen-bond acceptors (Lipinski definition) is 31. The van der Waals surface area contributed by atoms with E-state index in [0.717, 1.165) is 57.1 Å². The zero-order valence-electron chi connectivity index (χ0n) is 62.9. The first-order valence-electron chi connectivity index (χ1n) is 35.4. The number of allylic oxidation sites excluding steroid dienone is 1. The van der Waals surface area contributed by atoms with Crippen LogP contribution in [-0.2, 0) is 48.6 Å². The number of hydrogen-bond donors (Lipinski definition) is 17. The number of benzene rings is 1. The second-order valence-corrected chi connectivity index (χ2v) is 32.0. The van der Waals surface area contributed by atoms with Crippen molar-refractivity contribution >= 4 is 155 Å². The van der Waals surface area contributed by atoms with Gasteiger partial charge in [-0.15, -0.1) is 57.1 Å². The molecule has 11 amide bonds. The summed E-state index contributed by atoms with van der Waals surface area (Å²) in [7, 11) is 0. The molecule has 42 heteroatoms. The summed E-state index contributed by atoms with van der Waals surface area (Å²) >= 11 is 4.41. The first-order chi connectivity index (χ1) is 53.7. The highest BCUT2D eigenvalue weighted by Gasteiger charge is 2.51. The molecule has 15 atom stereocenters. The molecule has 10 rings (SSSR count). The number of thioether (sulfide) groups is 1. The molecule has 114 heavy (non-hydrogen) atoms. The zero-order chi connectivity index (χ0) is 83.4. The van der Waals surface area contributed by atoms with Crippen LogP contribution in [0.4, 0.5) is 5.69 Å². The summed E-state index contributed by atoms with van der Waals surface area (Å²) < 4.78 is 6.25. The number of phenolic OH excluding ortho intramolecular Hbond substituents is 1. The van der Waals surface area contributed by atoms with Crippen molar-refractivity contribution in [2.24, 2.45) is 21.6 Å². The number of aliphatic hydroxyl groups is 4. The number of aliphatic imine (C=N–C) groups is 2. The SMILES string of the molecule is C=C(NC(=O)C(=C)NC(=O)c1csc(C2=NC3c4csc(n4)C4NC(=O)c5csc(n5)C(C(C)(O)C(C)O)NC(=O)C5CSC(=N5)/C(=C\C)NC(=O)C(C(C)O)NC(=O)c5csc(n5)C3(CC2)NC(=O)C(C)NC(=O)C(=C)NC(=O)C(C)NC(=O)C(C(C)CC)Nc2ccc3c(C(C)O)cc(nc3c2O)C(=O)OC4C)n1)C(N)=O. The molecule has 0 radical (unpaired) electrons. The van der Waals surface area contributed by atoms with E-state index in [2.05, 4.69) is 98.2 Å². The van der Waals surface area contributed by atoms with Gasteiger partial charge >= 0.3 is 5.97 Å². The number of nitrogens with two attached hydrogens (primary N) is 1. The Hall–Kier alpha value is -11.1. The Kier molecular flexibility index (Phi) is 26.3. The molecule has 4 aliphatic rings. The lowest BCUT2D eigenvalue weighted by Crippen LogP contribution is -2.57. The molecule has 4 aliphatic heterocycles. The van der Waals surface area contributed by atoms with Gasteiger partial charge in [0.05, 0.1) is 58.2 Å². The predicted octanol–water partition coefficient (Wildman–Crippen LogP) is 2.03. The number of primary amides is 1. The molecule has 18 N–H and O–H groups in total. The standard InChI is InChI=1S/C72H83N19O18S5/c1-14-26(3)47-63(105)78-30(7)57(99)75-28(5)56(98)76-31(8)58(100)91-72-19-18-40(66-85-43(22-111-66)59(101)77-29(6)55(97)74-27(4)54(73)96)81-52(72)42-21-112-67(83-42)49(34(11)109-69(107)41-20-37(32(9)92)36-16-17-39(79-47)51(95)50(36)80-41)89-60(102)44-24-113-68(86-44)53(71(13,108)35(12)94)90-62(104)45-23-110-65(84-45)38(15-2)82-64(106)48(33(10)93)88-61(103)46-25-114-70(72)87-46/h15-17,20-22,24-26,30-35,45,47-49,52-53,79,92-95,108H,4-6,14,18-19,23H2,1-3,7-13H3,(H2,73,96)(H,74,97)(H,75,99)(H,76,98)(H,77,101)(H,78,105)(H,82,106)(H,88,103)(H,89,102)(H,90,104)(H,91,100)/b38-15+. The molecule has 6 aromatic rings. The van der Waals surface area contributed by atoms with Crippen molar-refractivity contribution in [1.29, 1.82) is 0 Å². The highest BCUT2D eigenvalue weighted by molar-refractivity contribution is 8.14. The number of thiazole rings is 4. The van der Waals surface area contributed by atoms with Gasteiger partial charge in [0.2, 0.25) is 29.5 Å². The van der Waals surface area contributed by atoms with Crippen LogP contribution in [0.3, 0.4) is 0 Å².